The standard InChI is InChI=1S/C14H14BrNO2S/c15-12-6-8-13(9-7-12)16-10-11-19(17,18)14-4-2-1-3-5-14/h1-9,16H,10-11H2. The summed E-state index contributed by atoms with van der Waals surface area (Å²) in [5, 5.41) is 3.10. The third kappa shape index (κ3) is 4.08. The topological polar surface area (TPSA) is 46.2 Å². The Labute approximate surface area is 121 Å². The highest BCUT2D eigenvalue weighted by Gasteiger charge is 2.12. The van der Waals surface area contributed by atoms with Crippen LogP contribution in [0.4, 0.5) is 5.69 Å². The largest absolute Gasteiger partial charge is 0.384 e. The molecule has 0 bridgehead atoms. The van der Waals surface area contributed by atoms with Crippen molar-refractivity contribution < 1.29 is 8.42 Å². The molecule has 19 heavy (non-hydrogen) atoms. The van der Waals surface area contributed by atoms with Crippen molar-refractivity contribution in [3.05, 3.63) is 59.1 Å². The van der Waals surface area contributed by atoms with Crippen molar-refractivity contribution in [3.63, 3.8) is 0 Å². The monoisotopic (exact) mass is 339 g/mol. The molecule has 0 aromatic heterocycles. The minimum absolute atomic E-state index is 0.0765. The van der Waals surface area contributed by atoms with Crippen molar-refractivity contribution in [3.8, 4) is 0 Å². The minimum atomic E-state index is -3.21. The molecular formula is C14H14BrNO2S. The van der Waals surface area contributed by atoms with Crippen molar-refractivity contribution in [1.29, 1.82) is 0 Å². The summed E-state index contributed by atoms with van der Waals surface area (Å²) in [6, 6.07) is 16.1. The summed E-state index contributed by atoms with van der Waals surface area (Å²) < 4.78 is 25.1. The van der Waals surface area contributed by atoms with Crippen molar-refractivity contribution in [2.24, 2.45) is 0 Å². The van der Waals surface area contributed by atoms with E-state index >= 15 is 0 Å². The van der Waals surface area contributed by atoms with Gasteiger partial charge in [0, 0.05) is 16.7 Å². The third-order valence-corrected chi connectivity index (χ3v) is 4.91. The summed E-state index contributed by atoms with van der Waals surface area (Å²) >= 11 is 3.35. The number of anilines is 1. The van der Waals surface area contributed by atoms with Crippen LogP contribution in [0.15, 0.2) is 64.0 Å². The number of rotatable bonds is 5. The first-order valence-corrected chi connectivity index (χ1v) is 8.30. The van der Waals surface area contributed by atoms with E-state index in [1.807, 2.05) is 24.3 Å². The molecule has 0 atom stereocenters. The number of nitrogens with one attached hydrogen (secondary N) is 1. The molecule has 0 saturated heterocycles. The normalized spacial score (nSPS) is 11.2. The van der Waals surface area contributed by atoms with Gasteiger partial charge in [0.1, 0.15) is 0 Å². The third-order valence-electron chi connectivity index (χ3n) is 2.65. The first-order valence-electron chi connectivity index (χ1n) is 5.85. The van der Waals surface area contributed by atoms with Gasteiger partial charge in [0.15, 0.2) is 9.84 Å². The lowest BCUT2D eigenvalue weighted by Crippen LogP contribution is -2.15. The Balaban J connectivity index is 1.94. The van der Waals surface area contributed by atoms with Gasteiger partial charge < -0.3 is 5.32 Å². The molecule has 0 fully saturated rings. The van der Waals surface area contributed by atoms with Crippen LogP contribution in [-0.4, -0.2) is 20.7 Å². The van der Waals surface area contributed by atoms with Crippen LogP contribution in [0.2, 0.25) is 0 Å². The molecule has 3 nitrogen and oxygen atoms in total. The molecule has 2 aromatic rings. The fourth-order valence-corrected chi connectivity index (χ4v) is 3.09. The van der Waals surface area contributed by atoms with E-state index < -0.39 is 9.84 Å². The summed E-state index contributed by atoms with van der Waals surface area (Å²) in [7, 11) is -3.21. The van der Waals surface area contributed by atoms with Crippen LogP contribution in [0.3, 0.4) is 0 Å². The van der Waals surface area contributed by atoms with Gasteiger partial charge >= 0.3 is 0 Å². The van der Waals surface area contributed by atoms with Crippen LogP contribution in [0, 0.1) is 0 Å². The van der Waals surface area contributed by atoms with E-state index in [9.17, 15) is 8.42 Å². The molecule has 0 spiro atoms. The summed E-state index contributed by atoms with van der Waals surface area (Å²) in [5.41, 5.74) is 0.909. The van der Waals surface area contributed by atoms with Gasteiger partial charge in [-0.1, -0.05) is 34.1 Å². The molecule has 5 heteroatoms. The smallest absolute Gasteiger partial charge is 0.180 e. The maximum Gasteiger partial charge on any atom is 0.180 e. The molecule has 0 heterocycles. The second-order valence-corrected chi connectivity index (χ2v) is 7.09. The average molecular weight is 340 g/mol. The molecule has 2 aromatic carbocycles. The fraction of sp³-hybridized carbons (Fsp3) is 0.143. The second kappa shape index (κ2) is 6.21. The van der Waals surface area contributed by atoms with Crippen LogP contribution in [0.1, 0.15) is 0 Å². The molecule has 0 aliphatic heterocycles. The van der Waals surface area contributed by atoms with Crippen LogP contribution < -0.4 is 5.32 Å². The van der Waals surface area contributed by atoms with Crippen LogP contribution >= 0.6 is 15.9 Å². The van der Waals surface area contributed by atoms with Crippen LogP contribution in [-0.2, 0) is 9.84 Å². The predicted octanol–water partition coefficient (Wildman–Crippen LogP) is 3.33. The summed E-state index contributed by atoms with van der Waals surface area (Å²) in [6.07, 6.45) is 0. The molecule has 0 radical (unpaired) electrons. The van der Waals surface area contributed by atoms with Gasteiger partial charge in [-0.3, -0.25) is 0 Å². The molecule has 0 amide bonds. The summed E-state index contributed by atoms with van der Waals surface area (Å²) in [4.78, 5) is 0.368. The highest BCUT2D eigenvalue weighted by atomic mass is 79.9. The molecule has 100 valence electrons. The average Bonchev–Trinajstić information content (AvgIpc) is 2.42. The maximum absolute atomic E-state index is 12.0. The first-order chi connectivity index (χ1) is 9.08. The van der Waals surface area contributed by atoms with Gasteiger partial charge in [-0.2, -0.15) is 0 Å². The zero-order valence-electron chi connectivity index (χ0n) is 10.2. The number of hydrogen-bond donors (Lipinski definition) is 1. The number of sulfone groups is 1. The van der Waals surface area contributed by atoms with E-state index in [1.54, 1.807) is 30.3 Å². The van der Waals surface area contributed by atoms with Gasteiger partial charge in [-0.25, -0.2) is 8.42 Å². The van der Waals surface area contributed by atoms with E-state index in [-0.39, 0.29) is 5.75 Å². The molecule has 0 aliphatic carbocycles. The molecule has 2 rings (SSSR count). The zero-order chi connectivity index (χ0) is 13.7. The first kappa shape index (κ1) is 14.1. The van der Waals surface area contributed by atoms with Gasteiger partial charge in [-0.15, -0.1) is 0 Å². The highest BCUT2D eigenvalue weighted by Crippen LogP contribution is 2.14. The highest BCUT2D eigenvalue weighted by molar-refractivity contribution is 9.10. The maximum atomic E-state index is 12.0. The predicted molar refractivity (Wildman–Crippen MR) is 81.1 cm³/mol. The minimum Gasteiger partial charge on any atom is -0.384 e. The Kier molecular flexibility index (Phi) is 4.61. The zero-order valence-corrected chi connectivity index (χ0v) is 12.6. The van der Waals surface area contributed by atoms with Gasteiger partial charge in [0.2, 0.25) is 0 Å². The molecule has 0 aliphatic rings. The van der Waals surface area contributed by atoms with E-state index in [0.29, 0.717) is 11.4 Å². The van der Waals surface area contributed by atoms with Crippen molar-refractivity contribution in [2.75, 3.05) is 17.6 Å². The molecule has 1 N–H and O–H groups in total. The lowest BCUT2D eigenvalue weighted by atomic mass is 10.3. The molecule has 0 unspecified atom stereocenters. The summed E-state index contributed by atoms with van der Waals surface area (Å²) in [5.74, 6) is 0.0765. The molecule has 0 saturated carbocycles. The summed E-state index contributed by atoms with van der Waals surface area (Å²) in [6.45, 7) is 0.388. The van der Waals surface area contributed by atoms with Crippen LogP contribution in [0.25, 0.3) is 0 Å². The SMILES string of the molecule is O=S(=O)(CCNc1ccc(Br)cc1)c1ccccc1. The van der Waals surface area contributed by atoms with E-state index in [4.69, 9.17) is 0 Å². The van der Waals surface area contributed by atoms with Crippen LogP contribution in [0.5, 0.6) is 0 Å². The Hall–Kier alpha value is -1.33. The molecular weight excluding hydrogens is 326 g/mol. The van der Waals surface area contributed by atoms with Crippen molar-refractivity contribution in [2.45, 2.75) is 4.90 Å². The van der Waals surface area contributed by atoms with E-state index in [2.05, 4.69) is 21.2 Å². The fourth-order valence-electron chi connectivity index (χ4n) is 1.64. The van der Waals surface area contributed by atoms with E-state index in [1.165, 1.54) is 0 Å². The number of halogens is 1. The Bertz CT molecular complexity index is 624. The lowest BCUT2D eigenvalue weighted by molar-refractivity contribution is 0.596. The Morgan fingerprint density at radius 3 is 2.21 bits per heavy atom. The number of hydrogen-bond acceptors (Lipinski definition) is 3. The quantitative estimate of drug-likeness (QED) is 0.908. The van der Waals surface area contributed by atoms with Crippen molar-refractivity contribution >= 4 is 31.5 Å². The number of benzene rings is 2. The lowest BCUT2D eigenvalue weighted by Gasteiger charge is -2.07. The van der Waals surface area contributed by atoms with Gasteiger partial charge in [-0.05, 0) is 36.4 Å². The van der Waals surface area contributed by atoms with Gasteiger partial charge in [0.25, 0.3) is 0 Å². The second-order valence-electron chi connectivity index (χ2n) is 4.07. The van der Waals surface area contributed by atoms with Gasteiger partial charge in [0.05, 0.1) is 10.6 Å². The Morgan fingerprint density at radius 1 is 0.947 bits per heavy atom. The Morgan fingerprint density at radius 2 is 1.58 bits per heavy atom. The van der Waals surface area contributed by atoms with Crippen molar-refractivity contribution in [1.82, 2.24) is 0 Å². The van der Waals surface area contributed by atoms with E-state index in [0.717, 1.165) is 10.2 Å².